The molecule has 2 heterocycles. The van der Waals surface area contributed by atoms with Crippen molar-refractivity contribution in [3.05, 3.63) is 60.2 Å². The predicted molar refractivity (Wildman–Crippen MR) is 106 cm³/mol. The minimum atomic E-state index is -3.07. The quantitative estimate of drug-likeness (QED) is 0.775. The summed E-state index contributed by atoms with van der Waals surface area (Å²) < 4.78 is 24.6. The van der Waals surface area contributed by atoms with Crippen LogP contribution in [0.25, 0.3) is 0 Å². The van der Waals surface area contributed by atoms with Gasteiger partial charge in [0.15, 0.2) is 14.9 Å². The Morgan fingerprint density at radius 1 is 0.920 bits per heavy atom. The van der Waals surface area contributed by atoms with Crippen LogP contribution in [-0.4, -0.2) is 37.1 Å². The van der Waals surface area contributed by atoms with Crippen LogP contribution in [0.3, 0.4) is 0 Å². The van der Waals surface area contributed by atoms with Gasteiger partial charge in [-0.3, -0.25) is 0 Å². The molecule has 0 radical (unpaired) electrons. The van der Waals surface area contributed by atoms with Crippen LogP contribution in [0.4, 0.5) is 11.4 Å². The average Bonchev–Trinajstić information content (AvgIpc) is 3.04. The molecule has 25 heavy (non-hydrogen) atoms. The SMILES string of the molecule is CCc1ccc(N2C(=S)N(c3ccccc3)[C@@H]3CS(=O)(=O)C[C@@H]32)cc1. The Hall–Kier alpha value is -1.92. The fourth-order valence-corrected chi connectivity index (χ4v) is 6.19. The van der Waals surface area contributed by atoms with E-state index in [9.17, 15) is 8.42 Å². The Bertz CT molecular complexity index is 895. The lowest BCUT2D eigenvalue weighted by Crippen LogP contribution is -2.37. The normalized spacial score (nSPS) is 24.6. The minimum Gasteiger partial charge on any atom is -0.312 e. The summed E-state index contributed by atoms with van der Waals surface area (Å²) >= 11 is 5.77. The third-order valence-corrected chi connectivity index (χ3v) is 7.12. The summed E-state index contributed by atoms with van der Waals surface area (Å²) in [6.45, 7) is 2.12. The number of fused-ring (bicyclic) bond motifs is 1. The second-order valence-electron chi connectivity index (χ2n) is 6.59. The third-order valence-electron chi connectivity index (χ3n) is 5.03. The van der Waals surface area contributed by atoms with Crippen molar-refractivity contribution in [2.24, 2.45) is 0 Å². The highest BCUT2D eigenvalue weighted by Gasteiger charge is 2.52. The predicted octanol–water partition coefficient (Wildman–Crippen LogP) is 3.03. The van der Waals surface area contributed by atoms with E-state index in [0.29, 0.717) is 5.11 Å². The summed E-state index contributed by atoms with van der Waals surface area (Å²) in [6.07, 6.45) is 0.974. The van der Waals surface area contributed by atoms with Gasteiger partial charge >= 0.3 is 0 Å². The van der Waals surface area contributed by atoms with Crippen LogP contribution in [-0.2, 0) is 16.3 Å². The van der Waals surface area contributed by atoms with Gasteiger partial charge in [-0.15, -0.1) is 0 Å². The van der Waals surface area contributed by atoms with Crippen molar-refractivity contribution in [1.82, 2.24) is 0 Å². The van der Waals surface area contributed by atoms with Gasteiger partial charge in [0.2, 0.25) is 0 Å². The number of sulfone groups is 1. The minimum absolute atomic E-state index is 0.134. The molecule has 0 unspecified atom stereocenters. The van der Waals surface area contributed by atoms with E-state index in [0.717, 1.165) is 17.8 Å². The number of nitrogens with zero attached hydrogens (tertiary/aromatic N) is 2. The van der Waals surface area contributed by atoms with Crippen molar-refractivity contribution < 1.29 is 8.42 Å². The number of hydrogen-bond donors (Lipinski definition) is 0. The first-order valence-corrected chi connectivity index (χ1v) is 10.7. The molecule has 2 saturated heterocycles. The van der Waals surface area contributed by atoms with Gasteiger partial charge in [-0.05, 0) is 48.5 Å². The van der Waals surface area contributed by atoms with E-state index >= 15 is 0 Å². The monoisotopic (exact) mass is 372 g/mol. The van der Waals surface area contributed by atoms with Crippen LogP contribution >= 0.6 is 12.2 Å². The van der Waals surface area contributed by atoms with Crippen molar-refractivity contribution in [2.45, 2.75) is 25.4 Å². The molecule has 6 heteroatoms. The number of benzene rings is 2. The maximum atomic E-state index is 12.3. The summed E-state index contributed by atoms with van der Waals surface area (Å²) in [5, 5.41) is 0.681. The number of para-hydroxylation sites is 1. The molecule has 2 fully saturated rings. The van der Waals surface area contributed by atoms with Crippen LogP contribution in [0.5, 0.6) is 0 Å². The van der Waals surface area contributed by atoms with E-state index < -0.39 is 9.84 Å². The fraction of sp³-hybridized carbons (Fsp3) is 0.316. The van der Waals surface area contributed by atoms with Gasteiger partial charge < -0.3 is 9.80 Å². The first-order chi connectivity index (χ1) is 12.0. The molecule has 0 saturated carbocycles. The standard InChI is InChI=1S/C19H20N2O2S2/c1-2-14-8-10-16(11-9-14)21-18-13-25(22,23)12-17(18)20(19(21)24)15-6-4-3-5-7-15/h3-11,17-18H,2,12-13H2,1H3/t17-,18+/m1/s1. The summed E-state index contributed by atoms with van der Waals surface area (Å²) in [6, 6.07) is 17.8. The molecule has 4 nitrogen and oxygen atoms in total. The van der Waals surface area contributed by atoms with E-state index in [1.165, 1.54) is 5.56 Å². The lowest BCUT2D eigenvalue weighted by molar-refractivity contribution is 0.601. The van der Waals surface area contributed by atoms with Crippen molar-refractivity contribution in [1.29, 1.82) is 0 Å². The van der Waals surface area contributed by atoms with E-state index in [2.05, 4.69) is 19.1 Å². The average molecular weight is 373 g/mol. The maximum absolute atomic E-state index is 12.3. The molecule has 0 aromatic heterocycles. The molecule has 130 valence electrons. The second-order valence-corrected chi connectivity index (χ2v) is 9.11. The van der Waals surface area contributed by atoms with E-state index in [4.69, 9.17) is 12.2 Å². The summed E-state index contributed by atoms with van der Waals surface area (Å²) in [5.41, 5.74) is 3.17. The smallest absolute Gasteiger partial charge is 0.181 e. The van der Waals surface area contributed by atoms with Crippen LogP contribution in [0.1, 0.15) is 12.5 Å². The molecule has 0 N–H and O–H groups in total. The third kappa shape index (κ3) is 2.83. The van der Waals surface area contributed by atoms with Crippen LogP contribution in [0, 0.1) is 0 Å². The zero-order valence-corrected chi connectivity index (χ0v) is 15.6. The molecule has 2 aliphatic heterocycles. The van der Waals surface area contributed by atoms with Crippen molar-refractivity contribution in [2.75, 3.05) is 21.3 Å². The van der Waals surface area contributed by atoms with Crippen LogP contribution in [0.15, 0.2) is 54.6 Å². The van der Waals surface area contributed by atoms with Gasteiger partial charge in [0, 0.05) is 11.4 Å². The van der Waals surface area contributed by atoms with Gasteiger partial charge in [0.1, 0.15) is 0 Å². The number of aryl methyl sites for hydroxylation is 1. The molecule has 0 amide bonds. The van der Waals surface area contributed by atoms with Crippen LogP contribution < -0.4 is 9.80 Å². The van der Waals surface area contributed by atoms with Gasteiger partial charge in [-0.25, -0.2) is 8.42 Å². The zero-order valence-electron chi connectivity index (χ0n) is 14.0. The number of anilines is 2. The Balaban J connectivity index is 1.77. The van der Waals surface area contributed by atoms with Crippen molar-refractivity contribution in [3.8, 4) is 0 Å². The Morgan fingerprint density at radius 3 is 1.96 bits per heavy atom. The zero-order chi connectivity index (χ0) is 17.6. The maximum Gasteiger partial charge on any atom is 0.181 e. The second kappa shape index (κ2) is 6.11. The molecule has 0 aliphatic carbocycles. The van der Waals surface area contributed by atoms with Gasteiger partial charge in [0.05, 0.1) is 23.6 Å². The summed E-state index contributed by atoms with van der Waals surface area (Å²) in [5.74, 6) is 0.299. The molecule has 2 aromatic carbocycles. The first kappa shape index (κ1) is 16.5. The van der Waals surface area contributed by atoms with Crippen LogP contribution in [0.2, 0.25) is 0 Å². The molecule has 2 aliphatic rings. The van der Waals surface area contributed by atoms with Crippen molar-refractivity contribution >= 4 is 38.5 Å². The van der Waals surface area contributed by atoms with E-state index in [1.807, 2.05) is 52.3 Å². The number of rotatable bonds is 3. The molecule has 2 atom stereocenters. The Kier molecular flexibility index (Phi) is 4.04. The summed E-state index contributed by atoms with van der Waals surface area (Å²) in [4.78, 5) is 4.04. The highest BCUT2D eigenvalue weighted by atomic mass is 32.2. The molecule has 0 bridgehead atoms. The lowest BCUT2D eigenvalue weighted by Gasteiger charge is -2.25. The van der Waals surface area contributed by atoms with E-state index in [-0.39, 0.29) is 23.6 Å². The molecule has 2 aromatic rings. The topological polar surface area (TPSA) is 40.6 Å². The molecular weight excluding hydrogens is 352 g/mol. The summed E-state index contributed by atoms with van der Waals surface area (Å²) in [7, 11) is -3.07. The number of hydrogen-bond acceptors (Lipinski definition) is 3. The highest BCUT2D eigenvalue weighted by molar-refractivity contribution is 7.91. The largest absolute Gasteiger partial charge is 0.312 e. The number of thiocarbonyl (C=S) groups is 1. The van der Waals surface area contributed by atoms with Gasteiger partial charge in [0.25, 0.3) is 0 Å². The Morgan fingerprint density at radius 2 is 1.44 bits per heavy atom. The Labute approximate surface area is 154 Å². The fourth-order valence-electron chi connectivity index (χ4n) is 3.79. The van der Waals surface area contributed by atoms with Gasteiger partial charge in [-0.1, -0.05) is 37.3 Å². The first-order valence-electron chi connectivity index (χ1n) is 8.47. The molecule has 0 spiro atoms. The van der Waals surface area contributed by atoms with E-state index in [1.54, 1.807) is 0 Å². The lowest BCUT2D eigenvalue weighted by atomic mass is 10.1. The van der Waals surface area contributed by atoms with Gasteiger partial charge in [-0.2, -0.15) is 0 Å². The molecular formula is C19H20N2O2S2. The van der Waals surface area contributed by atoms with Crippen molar-refractivity contribution in [3.63, 3.8) is 0 Å². The molecule has 4 rings (SSSR count). The highest BCUT2D eigenvalue weighted by Crippen LogP contribution is 2.38.